The molecule has 5 heteroatoms. The van der Waals surface area contributed by atoms with Crippen LogP contribution in [0, 0.1) is 0 Å². The number of carbonyl (C=O) groups is 1. The van der Waals surface area contributed by atoms with E-state index in [-0.39, 0.29) is 18.3 Å². The smallest absolute Gasteiger partial charge is 0.254 e. The normalized spacial score (nSPS) is 9.81. The second-order valence-corrected chi connectivity index (χ2v) is 4.54. The van der Waals surface area contributed by atoms with Gasteiger partial charge >= 0.3 is 0 Å². The van der Waals surface area contributed by atoms with Crippen LogP contribution in [-0.2, 0) is 13.1 Å². The van der Waals surface area contributed by atoms with Crippen molar-refractivity contribution in [2.75, 3.05) is 6.54 Å². The van der Waals surface area contributed by atoms with Gasteiger partial charge in [0, 0.05) is 24.8 Å². The summed E-state index contributed by atoms with van der Waals surface area (Å²) in [5.41, 5.74) is 8.15. The molecule has 0 aliphatic carbocycles. The number of nitrogens with two attached hydrogens (primary N) is 1. The predicted octanol–water partition coefficient (Wildman–Crippen LogP) is 2.62. The minimum Gasteiger partial charge on any atom is -0.333 e. The van der Waals surface area contributed by atoms with Crippen LogP contribution in [0.3, 0.4) is 0 Å². The summed E-state index contributed by atoms with van der Waals surface area (Å²) in [6.07, 6.45) is 1.74. The van der Waals surface area contributed by atoms with Crippen molar-refractivity contribution in [2.45, 2.75) is 20.0 Å². The van der Waals surface area contributed by atoms with Gasteiger partial charge < -0.3 is 10.6 Å². The maximum Gasteiger partial charge on any atom is 0.254 e. The lowest BCUT2D eigenvalue weighted by atomic mass is 10.1. The zero-order chi connectivity index (χ0) is 14.4. The maximum absolute atomic E-state index is 12.4. The Balaban J connectivity index is 0.00000220. The van der Waals surface area contributed by atoms with Gasteiger partial charge in [-0.1, -0.05) is 18.2 Å². The van der Waals surface area contributed by atoms with Gasteiger partial charge in [0.25, 0.3) is 5.91 Å². The predicted molar refractivity (Wildman–Crippen MR) is 86.2 cm³/mol. The first kappa shape index (κ1) is 17.1. The lowest BCUT2D eigenvalue weighted by molar-refractivity contribution is 0.0750. The molecule has 2 rings (SSSR count). The van der Waals surface area contributed by atoms with Crippen molar-refractivity contribution < 1.29 is 4.79 Å². The second kappa shape index (κ2) is 8.39. The molecule has 1 aromatic carbocycles. The van der Waals surface area contributed by atoms with Crippen molar-refractivity contribution in [1.29, 1.82) is 0 Å². The summed E-state index contributed by atoms with van der Waals surface area (Å²) in [6.45, 7) is 3.62. The SMILES string of the molecule is CCN(Cc1ccccn1)C(=O)c1ccc(CN)cc1.Cl. The van der Waals surface area contributed by atoms with Crippen LogP contribution in [0.4, 0.5) is 0 Å². The van der Waals surface area contributed by atoms with E-state index in [1.165, 1.54) is 0 Å². The first-order valence-corrected chi connectivity index (χ1v) is 6.72. The van der Waals surface area contributed by atoms with E-state index < -0.39 is 0 Å². The van der Waals surface area contributed by atoms with Crippen LogP contribution >= 0.6 is 12.4 Å². The maximum atomic E-state index is 12.4. The molecule has 0 fully saturated rings. The summed E-state index contributed by atoms with van der Waals surface area (Å²) in [7, 11) is 0. The molecule has 1 heterocycles. The van der Waals surface area contributed by atoms with Crippen LogP contribution in [0.15, 0.2) is 48.7 Å². The molecule has 1 aromatic heterocycles. The van der Waals surface area contributed by atoms with Crippen LogP contribution in [-0.4, -0.2) is 22.3 Å². The van der Waals surface area contributed by atoms with Crippen LogP contribution < -0.4 is 5.73 Å². The Labute approximate surface area is 131 Å². The van der Waals surface area contributed by atoms with Gasteiger partial charge in [-0.25, -0.2) is 0 Å². The Kier molecular flexibility index (Phi) is 6.85. The third kappa shape index (κ3) is 4.55. The van der Waals surface area contributed by atoms with Crippen LogP contribution in [0.25, 0.3) is 0 Å². The van der Waals surface area contributed by atoms with Gasteiger partial charge in [-0.3, -0.25) is 9.78 Å². The number of halogens is 1. The molecule has 0 aliphatic rings. The van der Waals surface area contributed by atoms with Gasteiger partial charge in [0.05, 0.1) is 12.2 Å². The van der Waals surface area contributed by atoms with Crippen LogP contribution in [0.1, 0.15) is 28.5 Å². The quantitative estimate of drug-likeness (QED) is 0.924. The van der Waals surface area contributed by atoms with Crippen LogP contribution in [0.5, 0.6) is 0 Å². The molecule has 0 spiro atoms. The Morgan fingerprint density at radius 1 is 1.19 bits per heavy atom. The molecule has 0 atom stereocenters. The van der Waals surface area contributed by atoms with Crippen molar-refractivity contribution in [3.8, 4) is 0 Å². The number of carbonyl (C=O) groups excluding carboxylic acids is 1. The molecule has 112 valence electrons. The number of benzene rings is 1. The average molecular weight is 306 g/mol. The van der Waals surface area contributed by atoms with Crippen molar-refractivity contribution >= 4 is 18.3 Å². The number of aromatic nitrogens is 1. The van der Waals surface area contributed by atoms with Crippen molar-refractivity contribution in [2.24, 2.45) is 5.73 Å². The Bertz CT molecular complexity index is 557. The first-order chi connectivity index (χ1) is 9.74. The van der Waals surface area contributed by atoms with Gasteiger partial charge in [-0.05, 0) is 36.8 Å². The molecule has 0 unspecified atom stereocenters. The fraction of sp³-hybridized carbons (Fsp3) is 0.250. The molecule has 0 bridgehead atoms. The van der Waals surface area contributed by atoms with E-state index in [2.05, 4.69) is 4.98 Å². The average Bonchev–Trinajstić information content (AvgIpc) is 2.53. The van der Waals surface area contributed by atoms with E-state index in [0.717, 1.165) is 11.3 Å². The Morgan fingerprint density at radius 2 is 1.90 bits per heavy atom. The third-order valence-corrected chi connectivity index (χ3v) is 3.18. The molecular formula is C16H20ClN3O. The summed E-state index contributed by atoms with van der Waals surface area (Å²) in [4.78, 5) is 18.5. The van der Waals surface area contributed by atoms with Crippen molar-refractivity contribution in [1.82, 2.24) is 9.88 Å². The van der Waals surface area contributed by atoms with E-state index in [1.807, 2.05) is 49.4 Å². The number of hydrogen-bond donors (Lipinski definition) is 1. The highest BCUT2D eigenvalue weighted by Gasteiger charge is 2.14. The van der Waals surface area contributed by atoms with Crippen LogP contribution in [0.2, 0.25) is 0 Å². The minimum atomic E-state index is 0. The topological polar surface area (TPSA) is 59.2 Å². The second-order valence-electron chi connectivity index (χ2n) is 4.54. The molecule has 2 N–H and O–H groups in total. The van der Waals surface area contributed by atoms with Gasteiger partial charge in [-0.2, -0.15) is 0 Å². The molecule has 2 aromatic rings. The van der Waals surface area contributed by atoms with Gasteiger partial charge in [0.2, 0.25) is 0 Å². The highest BCUT2D eigenvalue weighted by molar-refractivity contribution is 5.94. The van der Waals surface area contributed by atoms with Crippen molar-refractivity contribution in [3.63, 3.8) is 0 Å². The monoisotopic (exact) mass is 305 g/mol. The molecule has 1 amide bonds. The van der Waals surface area contributed by atoms with Gasteiger partial charge in [0.15, 0.2) is 0 Å². The van der Waals surface area contributed by atoms with E-state index >= 15 is 0 Å². The zero-order valence-corrected chi connectivity index (χ0v) is 12.8. The minimum absolute atomic E-state index is 0. The van der Waals surface area contributed by atoms with E-state index in [4.69, 9.17) is 5.73 Å². The molecule has 0 aliphatic heterocycles. The fourth-order valence-corrected chi connectivity index (χ4v) is 1.98. The molecule has 4 nitrogen and oxygen atoms in total. The Morgan fingerprint density at radius 3 is 2.43 bits per heavy atom. The third-order valence-electron chi connectivity index (χ3n) is 3.18. The molecular weight excluding hydrogens is 286 g/mol. The van der Waals surface area contributed by atoms with E-state index in [0.29, 0.717) is 25.2 Å². The van der Waals surface area contributed by atoms with E-state index in [1.54, 1.807) is 11.1 Å². The number of hydrogen-bond acceptors (Lipinski definition) is 3. The zero-order valence-electron chi connectivity index (χ0n) is 12.0. The summed E-state index contributed by atoms with van der Waals surface area (Å²) < 4.78 is 0. The summed E-state index contributed by atoms with van der Waals surface area (Å²) in [5, 5.41) is 0. The van der Waals surface area contributed by atoms with E-state index in [9.17, 15) is 4.79 Å². The fourth-order valence-electron chi connectivity index (χ4n) is 1.98. The largest absolute Gasteiger partial charge is 0.333 e. The highest BCUT2D eigenvalue weighted by Crippen LogP contribution is 2.10. The highest BCUT2D eigenvalue weighted by atomic mass is 35.5. The number of amides is 1. The Hall–Kier alpha value is -1.91. The number of rotatable bonds is 5. The standard InChI is InChI=1S/C16H19N3O.ClH/c1-2-19(12-15-5-3-4-10-18-15)16(20)14-8-6-13(11-17)7-9-14;/h3-10H,2,11-12,17H2,1H3;1H. The van der Waals surface area contributed by atoms with Gasteiger partial charge in [0.1, 0.15) is 0 Å². The molecule has 0 saturated carbocycles. The summed E-state index contributed by atoms with van der Waals surface area (Å²) in [5.74, 6) is 0.0155. The number of nitrogens with zero attached hydrogens (tertiary/aromatic N) is 2. The number of pyridine rings is 1. The lowest BCUT2D eigenvalue weighted by Crippen LogP contribution is -2.30. The first-order valence-electron chi connectivity index (χ1n) is 6.72. The summed E-state index contributed by atoms with van der Waals surface area (Å²) >= 11 is 0. The van der Waals surface area contributed by atoms with Gasteiger partial charge in [-0.15, -0.1) is 12.4 Å². The molecule has 0 saturated heterocycles. The molecule has 21 heavy (non-hydrogen) atoms. The summed E-state index contributed by atoms with van der Waals surface area (Å²) in [6, 6.07) is 13.2. The lowest BCUT2D eigenvalue weighted by Gasteiger charge is -2.20. The van der Waals surface area contributed by atoms with Crippen molar-refractivity contribution in [3.05, 3.63) is 65.5 Å². The molecule has 0 radical (unpaired) electrons.